The number of nitrogens with zero attached hydrogens (tertiary/aromatic N) is 2. The third-order valence-electron chi connectivity index (χ3n) is 1.77. The van der Waals surface area contributed by atoms with Gasteiger partial charge in [-0.1, -0.05) is 6.07 Å². The molecule has 1 aromatic heterocycles. The molecule has 0 saturated heterocycles. The highest BCUT2D eigenvalue weighted by atomic mass is 16.4. The lowest BCUT2D eigenvalue weighted by molar-refractivity contribution is 0.194. The topological polar surface area (TPSA) is 75.3 Å². The Morgan fingerprint density at radius 3 is 2.92 bits per heavy atom. The number of aromatic nitrogens is 2. The lowest BCUT2D eigenvalue weighted by Gasteiger charge is -1.95. The minimum atomic E-state index is -1.17. The van der Waals surface area contributed by atoms with Crippen molar-refractivity contribution in [3.8, 4) is 5.75 Å². The Balaban J connectivity index is 2.83. The fraction of sp³-hybridized carbons (Fsp3) is 0. The Kier molecular flexibility index (Phi) is 1.45. The summed E-state index contributed by atoms with van der Waals surface area (Å²) in [4.78, 5) is 10.6. The van der Waals surface area contributed by atoms with Crippen molar-refractivity contribution in [1.29, 1.82) is 0 Å². The van der Waals surface area contributed by atoms with E-state index in [1.54, 1.807) is 12.1 Å². The van der Waals surface area contributed by atoms with Crippen LogP contribution in [0.2, 0.25) is 0 Å². The second-order valence-corrected chi connectivity index (χ2v) is 2.55. The van der Waals surface area contributed by atoms with E-state index >= 15 is 0 Å². The van der Waals surface area contributed by atoms with Gasteiger partial charge >= 0.3 is 6.09 Å². The largest absolute Gasteiger partial charge is 0.507 e. The molecule has 0 amide bonds. The van der Waals surface area contributed by atoms with Crippen molar-refractivity contribution < 1.29 is 15.0 Å². The number of aromatic hydroxyl groups is 1. The van der Waals surface area contributed by atoms with Crippen LogP contribution in [0, 0.1) is 0 Å². The maximum Gasteiger partial charge on any atom is 0.432 e. The molecular weight excluding hydrogens is 172 g/mol. The van der Waals surface area contributed by atoms with E-state index in [1.807, 2.05) is 0 Å². The van der Waals surface area contributed by atoms with Crippen LogP contribution in [-0.4, -0.2) is 26.1 Å². The molecule has 2 N–H and O–H groups in total. The van der Waals surface area contributed by atoms with Gasteiger partial charge in [0.15, 0.2) is 0 Å². The van der Waals surface area contributed by atoms with Gasteiger partial charge in [0, 0.05) is 0 Å². The van der Waals surface area contributed by atoms with E-state index < -0.39 is 6.09 Å². The smallest absolute Gasteiger partial charge is 0.432 e. The average molecular weight is 178 g/mol. The zero-order valence-corrected chi connectivity index (χ0v) is 6.51. The monoisotopic (exact) mass is 178 g/mol. The molecule has 0 aliphatic rings. The molecule has 5 nitrogen and oxygen atoms in total. The molecule has 0 saturated carbocycles. The summed E-state index contributed by atoms with van der Waals surface area (Å²) in [5.41, 5.74) is 0.382. The molecule has 2 rings (SSSR count). The molecular formula is C8H6N2O3. The van der Waals surface area contributed by atoms with Gasteiger partial charge in [-0.2, -0.15) is 9.78 Å². The van der Waals surface area contributed by atoms with Crippen LogP contribution in [-0.2, 0) is 0 Å². The SMILES string of the molecule is O=C(O)n1ncc2c(O)cccc21. The summed E-state index contributed by atoms with van der Waals surface area (Å²) in [7, 11) is 0. The second kappa shape index (κ2) is 2.48. The van der Waals surface area contributed by atoms with E-state index in [2.05, 4.69) is 5.10 Å². The Bertz CT molecular complexity index is 475. The van der Waals surface area contributed by atoms with Crippen molar-refractivity contribution in [3.05, 3.63) is 24.4 Å². The number of phenolic OH excluding ortho intramolecular Hbond substituents is 1. The standard InChI is InChI=1S/C8H6N2O3/c11-7-3-1-2-6-5(7)4-9-10(6)8(12)13/h1-4,11H,(H,12,13). The van der Waals surface area contributed by atoms with Crippen LogP contribution in [0.25, 0.3) is 10.9 Å². The molecule has 0 fully saturated rings. The molecule has 0 aliphatic heterocycles. The molecule has 66 valence electrons. The molecule has 0 aliphatic carbocycles. The van der Waals surface area contributed by atoms with Crippen LogP contribution in [0.3, 0.4) is 0 Å². The Labute approximate surface area is 72.8 Å². The molecule has 0 radical (unpaired) electrons. The molecule has 0 bridgehead atoms. The highest BCUT2D eigenvalue weighted by Gasteiger charge is 2.09. The van der Waals surface area contributed by atoms with Crippen LogP contribution in [0.15, 0.2) is 24.4 Å². The number of hydrogen-bond donors (Lipinski definition) is 2. The normalized spacial score (nSPS) is 10.5. The third-order valence-corrected chi connectivity index (χ3v) is 1.77. The molecule has 13 heavy (non-hydrogen) atoms. The maximum absolute atomic E-state index is 10.6. The van der Waals surface area contributed by atoms with Crippen LogP contribution in [0.4, 0.5) is 4.79 Å². The fourth-order valence-electron chi connectivity index (χ4n) is 1.19. The van der Waals surface area contributed by atoms with Crippen molar-refractivity contribution >= 4 is 17.0 Å². The lowest BCUT2D eigenvalue weighted by atomic mass is 10.2. The first kappa shape index (κ1) is 7.60. The van der Waals surface area contributed by atoms with E-state index in [9.17, 15) is 9.90 Å². The zero-order valence-electron chi connectivity index (χ0n) is 6.51. The molecule has 0 spiro atoms. The van der Waals surface area contributed by atoms with Crippen LogP contribution in [0.5, 0.6) is 5.75 Å². The molecule has 5 heteroatoms. The summed E-state index contributed by atoms with van der Waals surface area (Å²) in [6, 6.07) is 4.63. The van der Waals surface area contributed by atoms with E-state index in [0.717, 1.165) is 4.68 Å². The lowest BCUT2D eigenvalue weighted by Crippen LogP contribution is -2.08. The van der Waals surface area contributed by atoms with Crippen LogP contribution < -0.4 is 0 Å². The van der Waals surface area contributed by atoms with Gasteiger partial charge in [-0.15, -0.1) is 0 Å². The summed E-state index contributed by atoms with van der Waals surface area (Å²) < 4.78 is 0.815. The summed E-state index contributed by atoms with van der Waals surface area (Å²) >= 11 is 0. The first-order valence-electron chi connectivity index (χ1n) is 3.59. The molecule has 1 aromatic carbocycles. The Morgan fingerprint density at radius 1 is 1.46 bits per heavy atom. The average Bonchev–Trinajstić information content (AvgIpc) is 2.48. The summed E-state index contributed by atoms with van der Waals surface area (Å²) in [6.45, 7) is 0. The minimum absolute atomic E-state index is 0.0324. The number of carbonyl (C=O) groups is 1. The van der Waals surface area contributed by atoms with Crippen molar-refractivity contribution in [2.45, 2.75) is 0 Å². The number of fused-ring (bicyclic) bond motifs is 1. The van der Waals surface area contributed by atoms with Gasteiger partial charge in [-0.3, -0.25) is 0 Å². The summed E-state index contributed by atoms with van der Waals surface area (Å²) in [5, 5.41) is 22.0. The summed E-state index contributed by atoms with van der Waals surface area (Å²) in [5.74, 6) is 0.0324. The van der Waals surface area contributed by atoms with E-state index in [0.29, 0.717) is 10.9 Å². The van der Waals surface area contributed by atoms with Gasteiger partial charge in [0.25, 0.3) is 0 Å². The minimum Gasteiger partial charge on any atom is -0.507 e. The van der Waals surface area contributed by atoms with E-state index in [-0.39, 0.29) is 5.75 Å². The van der Waals surface area contributed by atoms with E-state index in [1.165, 1.54) is 12.3 Å². The number of rotatable bonds is 0. The van der Waals surface area contributed by atoms with Gasteiger partial charge < -0.3 is 10.2 Å². The Hall–Kier alpha value is -2.04. The predicted molar refractivity (Wildman–Crippen MR) is 44.8 cm³/mol. The third kappa shape index (κ3) is 1.01. The van der Waals surface area contributed by atoms with Crippen LogP contribution >= 0.6 is 0 Å². The first-order chi connectivity index (χ1) is 6.20. The summed E-state index contributed by atoms with van der Waals surface area (Å²) in [6.07, 6.45) is 0.152. The van der Waals surface area contributed by atoms with Gasteiger partial charge in [0.2, 0.25) is 0 Å². The molecule has 2 aromatic rings. The predicted octanol–water partition coefficient (Wildman–Crippen LogP) is 1.27. The van der Waals surface area contributed by atoms with E-state index in [4.69, 9.17) is 5.11 Å². The number of benzene rings is 1. The van der Waals surface area contributed by atoms with Gasteiger partial charge in [0.1, 0.15) is 5.75 Å². The van der Waals surface area contributed by atoms with Crippen molar-refractivity contribution in [2.75, 3.05) is 0 Å². The quantitative estimate of drug-likeness (QED) is 0.636. The number of hydrogen-bond acceptors (Lipinski definition) is 3. The van der Waals surface area contributed by atoms with Crippen molar-refractivity contribution in [1.82, 2.24) is 9.78 Å². The van der Waals surface area contributed by atoms with Gasteiger partial charge in [0.05, 0.1) is 17.1 Å². The number of phenols is 1. The van der Waals surface area contributed by atoms with Gasteiger partial charge in [-0.25, -0.2) is 4.79 Å². The zero-order chi connectivity index (χ0) is 9.42. The molecule has 0 unspecified atom stereocenters. The van der Waals surface area contributed by atoms with Gasteiger partial charge in [-0.05, 0) is 12.1 Å². The molecule has 1 heterocycles. The van der Waals surface area contributed by atoms with Crippen molar-refractivity contribution in [2.24, 2.45) is 0 Å². The Morgan fingerprint density at radius 2 is 2.23 bits per heavy atom. The second-order valence-electron chi connectivity index (χ2n) is 2.55. The maximum atomic E-state index is 10.6. The highest BCUT2D eigenvalue weighted by molar-refractivity contribution is 5.90. The molecule has 0 atom stereocenters. The number of carboxylic acid groups (broad SMARTS) is 1. The van der Waals surface area contributed by atoms with Crippen molar-refractivity contribution in [3.63, 3.8) is 0 Å². The highest BCUT2D eigenvalue weighted by Crippen LogP contribution is 2.23. The fourth-order valence-corrected chi connectivity index (χ4v) is 1.19. The van der Waals surface area contributed by atoms with Crippen LogP contribution in [0.1, 0.15) is 0 Å². The first-order valence-corrected chi connectivity index (χ1v) is 3.59.